The van der Waals surface area contributed by atoms with E-state index >= 15 is 0 Å². The normalized spacial score (nSPS) is 11.2. The molecule has 0 fully saturated rings. The molecule has 2 rings (SSSR count). The number of ether oxygens (including phenoxy) is 3. The zero-order valence-corrected chi connectivity index (χ0v) is 16.4. The van der Waals surface area contributed by atoms with Gasteiger partial charge in [0.05, 0.1) is 39.0 Å². The molecule has 0 aliphatic carbocycles. The van der Waals surface area contributed by atoms with Gasteiger partial charge in [0.15, 0.2) is 11.5 Å². The summed E-state index contributed by atoms with van der Waals surface area (Å²) in [5.41, 5.74) is 2.99. The van der Waals surface area contributed by atoms with Gasteiger partial charge in [-0.2, -0.15) is 5.10 Å². The summed E-state index contributed by atoms with van der Waals surface area (Å²) in [5, 5.41) is 3.78. The fourth-order valence-electron chi connectivity index (χ4n) is 2.14. The van der Waals surface area contributed by atoms with E-state index < -0.39 is 22.5 Å². The monoisotopic (exact) mass is 407 g/mol. The van der Waals surface area contributed by atoms with Crippen molar-refractivity contribution < 1.29 is 27.4 Å². The van der Waals surface area contributed by atoms with E-state index in [1.807, 2.05) is 0 Å². The summed E-state index contributed by atoms with van der Waals surface area (Å²) >= 11 is 0. The van der Waals surface area contributed by atoms with Gasteiger partial charge in [0.25, 0.3) is 5.91 Å². The molecule has 0 aliphatic heterocycles. The number of carbonyl (C=O) groups is 1. The number of sulfonamides is 1. The van der Waals surface area contributed by atoms with E-state index in [0.717, 1.165) is 5.56 Å². The van der Waals surface area contributed by atoms with Gasteiger partial charge in [-0.3, -0.25) is 4.79 Å². The average Bonchev–Trinajstić information content (AvgIpc) is 2.72. The third kappa shape index (κ3) is 5.69. The summed E-state index contributed by atoms with van der Waals surface area (Å²) in [5.74, 6) is 0.741. The van der Waals surface area contributed by atoms with Crippen molar-refractivity contribution in [1.82, 2.24) is 10.1 Å². The predicted molar refractivity (Wildman–Crippen MR) is 103 cm³/mol. The van der Waals surface area contributed by atoms with Gasteiger partial charge in [-0.05, 0) is 42.0 Å². The first kappa shape index (κ1) is 21.2. The highest BCUT2D eigenvalue weighted by Crippen LogP contribution is 2.29. The molecule has 0 bridgehead atoms. The zero-order valence-electron chi connectivity index (χ0n) is 15.6. The summed E-state index contributed by atoms with van der Waals surface area (Å²) in [4.78, 5) is 11.8. The van der Waals surface area contributed by atoms with Crippen molar-refractivity contribution in [3.8, 4) is 17.2 Å². The SMILES string of the molecule is COc1ccc(/C=N\NC(=O)CNS(=O)(=O)c2ccc(OC)c(OC)c2)cc1. The van der Waals surface area contributed by atoms with Crippen LogP contribution in [-0.4, -0.2) is 48.4 Å². The highest BCUT2D eigenvalue weighted by atomic mass is 32.2. The van der Waals surface area contributed by atoms with Gasteiger partial charge in [-0.1, -0.05) is 0 Å². The predicted octanol–water partition coefficient (Wildman–Crippen LogP) is 1.14. The van der Waals surface area contributed by atoms with Crippen LogP contribution < -0.4 is 24.4 Å². The second-order valence-electron chi connectivity index (χ2n) is 5.41. The fraction of sp³-hybridized carbons (Fsp3) is 0.222. The van der Waals surface area contributed by atoms with E-state index in [9.17, 15) is 13.2 Å². The molecular weight excluding hydrogens is 386 g/mol. The van der Waals surface area contributed by atoms with Crippen molar-refractivity contribution in [2.24, 2.45) is 5.10 Å². The van der Waals surface area contributed by atoms with Crippen molar-refractivity contribution in [2.75, 3.05) is 27.9 Å². The Bertz CT molecular complexity index is 942. The Balaban J connectivity index is 1.92. The lowest BCUT2D eigenvalue weighted by Gasteiger charge is -2.10. The number of hydrogen-bond donors (Lipinski definition) is 2. The number of amides is 1. The first-order valence-electron chi connectivity index (χ1n) is 8.07. The van der Waals surface area contributed by atoms with Crippen LogP contribution in [0.3, 0.4) is 0 Å². The number of hydrogen-bond acceptors (Lipinski definition) is 7. The van der Waals surface area contributed by atoms with Crippen LogP contribution >= 0.6 is 0 Å². The lowest BCUT2D eigenvalue weighted by atomic mass is 10.2. The molecule has 0 saturated carbocycles. The minimum atomic E-state index is -3.91. The van der Waals surface area contributed by atoms with Gasteiger partial charge >= 0.3 is 0 Å². The molecular formula is C18H21N3O6S. The molecule has 0 aliphatic rings. The Morgan fingerprint density at radius 1 is 1.00 bits per heavy atom. The number of benzene rings is 2. The molecule has 0 heterocycles. The van der Waals surface area contributed by atoms with Crippen LogP contribution in [0.1, 0.15) is 5.56 Å². The van der Waals surface area contributed by atoms with E-state index in [1.54, 1.807) is 31.4 Å². The lowest BCUT2D eigenvalue weighted by Crippen LogP contribution is -2.34. The van der Waals surface area contributed by atoms with E-state index in [0.29, 0.717) is 11.5 Å². The third-order valence-corrected chi connectivity index (χ3v) is 5.01. The highest BCUT2D eigenvalue weighted by Gasteiger charge is 2.18. The minimum Gasteiger partial charge on any atom is -0.497 e. The smallest absolute Gasteiger partial charge is 0.255 e. The van der Waals surface area contributed by atoms with Gasteiger partial charge in [-0.25, -0.2) is 18.6 Å². The largest absolute Gasteiger partial charge is 0.497 e. The first-order valence-corrected chi connectivity index (χ1v) is 9.55. The number of rotatable bonds is 9. The number of carbonyl (C=O) groups excluding carboxylic acids is 1. The molecule has 2 aromatic rings. The van der Waals surface area contributed by atoms with Gasteiger partial charge < -0.3 is 14.2 Å². The molecule has 1 amide bonds. The lowest BCUT2D eigenvalue weighted by molar-refractivity contribution is -0.119. The quantitative estimate of drug-likeness (QED) is 0.476. The summed E-state index contributed by atoms with van der Waals surface area (Å²) in [7, 11) is 0.496. The molecule has 2 N–H and O–H groups in total. The molecule has 2 aromatic carbocycles. The van der Waals surface area contributed by atoms with E-state index in [2.05, 4.69) is 15.2 Å². The topological polar surface area (TPSA) is 115 Å². The van der Waals surface area contributed by atoms with Crippen LogP contribution in [0.25, 0.3) is 0 Å². The third-order valence-electron chi connectivity index (χ3n) is 3.61. The molecule has 0 aromatic heterocycles. The number of nitrogens with zero attached hydrogens (tertiary/aromatic N) is 1. The molecule has 0 spiro atoms. The van der Waals surface area contributed by atoms with E-state index in [-0.39, 0.29) is 10.6 Å². The Kier molecular flexibility index (Phi) is 7.36. The Hall–Kier alpha value is -3.11. The average molecular weight is 407 g/mol. The highest BCUT2D eigenvalue weighted by molar-refractivity contribution is 7.89. The number of methoxy groups -OCH3 is 3. The first-order chi connectivity index (χ1) is 13.4. The fourth-order valence-corrected chi connectivity index (χ4v) is 3.13. The molecule has 0 unspecified atom stereocenters. The second-order valence-corrected chi connectivity index (χ2v) is 7.17. The second kappa shape index (κ2) is 9.72. The maximum atomic E-state index is 12.3. The number of nitrogens with one attached hydrogen (secondary N) is 2. The summed E-state index contributed by atoms with van der Waals surface area (Å²) in [6.45, 7) is -0.476. The molecule has 150 valence electrons. The number of hydrazone groups is 1. The molecule has 28 heavy (non-hydrogen) atoms. The Morgan fingerprint density at radius 2 is 1.68 bits per heavy atom. The van der Waals surface area contributed by atoms with Crippen LogP contribution in [-0.2, 0) is 14.8 Å². The maximum absolute atomic E-state index is 12.3. The molecule has 10 heteroatoms. The van der Waals surface area contributed by atoms with E-state index in [1.165, 1.54) is 38.6 Å². The van der Waals surface area contributed by atoms with Crippen molar-refractivity contribution in [2.45, 2.75) is 4.90 Å². The van der Waals surface area contributed by atoms with Crippen molar-refractivity contribution in [3.05, 3.63) is 48.0 Å². The zero-order chi connectivity index (χ0) is 20.6. The van der Waals surface area contributed by atoms with Crippen molar-refractivity contribution in [1.29, 1.82) is 0 Å². The molecule has 0 atom stereocenters. The molecule has 0 saturated heterocycles. The van der Waals surface area contributed by atoms with Gasteiger partial charge in [-0.15, -0.1) is 0 Å². The van der Waals surface area contributed by atoms with Crippen molar-refractivity contribution >= 4 is 22.1 Å². The molecule has 0 radical (unpaired) electrons. The van der Waals surface area contributed by atoms with Crippen LogP contribution in [0.15, 0.2) is 52.5 Å². The maximum Gasteiger partial charge on any atom is 0.255 e. The van der Waals surface area contributed by atoms with Crippen LogP contribution in [0.2, 0.25) is 0 Å². The molecule has 9 nitrogen and oxygen atoms in total. The van der Waals surface area contributed by atoms with Gasteiger partial charge in [0.2, 0.25) is 10.0 Å². The van der Waals surface area contributed by atoms with E-state index in [4.69, 9.17) is 14.2 Å². The van der Waals surface area contributed by atoms with Crippen LogP contribution in [0.4, 0.5) is 0 Å². The van der Waals surface area contributed by atoms with Crippen LogP contribution in [0.5, 0.6) is 17.2 Å². The van der Waals surface area contributed by atoms with Gasteiger partial charge in [0.1, 0.15) is 5.75 Å². The Morgan fingerprint density at radius 3 is 2.29 bits per heavy atom. The summed E-state index contributed by atoms with van der Waals surface area (Å²) in [6, 6.07) is 11.1. The minimum absolute atomic E-state index is 0.0558. The van der Waals surface area contributed by atoms with Gasteiger partial charge in [0, 0.05) is 6.07 Å². The Labute approximate surface area is 163 Å². The van der Waals surface area contributed by atoms with Crippen LogP contribution in [0, 0.1) is 0 Å². The summed E-state index contributed by atoms with van der Waals surface area (Å²) < 4.78 is 42.0. The van der Waals surface area contributed by atoms with Crippen molar-refractivity contribution in [3.63, 3.8) is 0 Å². The standard InChI is InChI=1S/C18H21N3O6S/c1-25-14-6-4-13(5-7-14)11-19-21-18(22)12-20-28(23,24)15-8-9-16(26-2)17(10-15)27-3/h4-11,20H,12H2,1-3H3,(H,21,22)/b19-11-. The summed E-state index contributed by atoms with van der Waals surface area (Å²) in [6.07, 6.45) is 1.43.